The molecule has 0 atom stereocenters. The monoisotopic (exact) mass is 455 g/mol. The lowest BCUT2D eigenvalue weighted by atomic mass is 9.96. The van der Waals surface area contributed by atoms with Gasteiger partial charge >= 0.3 is 0 Å². The van der Waals surface area contributed by atoms with Crippen molar-refractivity contribution in [1.82, 2.24) is 10.3 Å². The topological polar surface area (TPSA) is 146 Å². The lowest BCUT2D eigenvalue weighted by molar-refractivity contribution is 0.0924. The number of aromatic nitrogens is 1. The Kier molecular flexibility index (Phi) is 6.05. The number of hydrogen-bond donors (Lipinski definition) is 3. The minimum Gasteiger partial charge on any atom is -0.493 e. The zero-order valence-corrected chi connectivity index (χ0v) is 19.6. The van der Waals surface area contributed by atoms with Gasteiger partial charge in [-0.2, -0.15) is 5.26 Å². The zero-order chi connectivity index (χ0) is 23.8. The molecule has 1 aromatic carbocycles. The van der Waals surface area contributed by atoms with Crippen molar-refractivity contribution in [1.29, 1.82) is 5.26 Å². The summed E-state index contributed by atoms with van der Waals surface area (Å²) in [4.78, 5) is 17.9. The molecule has 0 bridgehead atoms. The SMILES string of the molecule is COc1cc(-c2c(C#N)c(N)nc3sc(C(=O)NC(C)(C)C)c(N)c23)cc(OC)c1OC. The van der Waals surface area contributed by atoms with Gasteiger partial charge in [-0.1, -0.05) is 0 Å². The number of rotatable bonds is 5. The average Bonchev–Trinajstić information content (AvgIpc) is 3.06. The number of methoxy groups -OCH3 is 3. The summed E-state index contributed by atoms with van der Waals surface area (Å²) in [5.74, 6) is 0.903. The second-order valence-corrected chi connectivity index (χ2v) is 9.00. The third-order valence-corrected chi connectivity index (χ3v) is 5.76. The first-order valence-corrected chi connectivity index (χ1v) is 10.4. The fourth-order valence-corrected chi connectivity index (χ4v) is 4.37. The van der Waals surface area contributed by atoms with Crippen LogP contribution in [0.5, 0.6) is 17.2 Å². The molecule has 0 radical (unpaired) electrons. The van der Waals surface area contributed by atoms with Gasteiger partial charge in [0.1, 0.15) is 27.2 Å². The summed E-state index contributed by atoms with van der Waals surface area (Å²) in [6.45, 7) is 5.62. The predicted octanol–water partition coefficient (Wildman–Crippen LogP) is 3.55. The van der Waals surface area contributed by atoms with Gasteiger partial charge in [-0.15, -0.1) is 11.3 Å². The van der Waals surface area contributed by atoms with Crippen LogP contribution in [0, 0.1) is 11.3 Å². The summed E-state index contributed by atoms with van der Waals surface area (Å²) in [6.07, 6.45) is 0. The summed E-state index contributed by atoms with van der Waals surface area (Å²) in [7, 11) is 4.49. The molecule has 32 heavy (non-hydrogen) atoms. The average molecular weight is 456 g/mol. The third-order valence-electron chi connectivity index (χ3n) is 4.66. The summed E-state index contributed by atoms with van der Waals surface area (Å²) >= 11 is 1.12. The highest BCUT2D eigenvalue weighted by molar-refractivity contribution is 7.21. The molecule has 2 heterocycles. The van der Waals surface area contributed by atoms with Gasteiger partial charge in [0.25, 0.3) is 5.91 Å². The Bertz CT molecular complexity index is 1230. The van der Waals surface area contributed by atoms with E-state index in [9.17, 15) is 10.1 Å². The molecule has 1 amide bonds. The van der Waals surface area contributed by atoms with Gasteiger partial charge in [0.2, 0.25) is 5.75 Å². The van der Waals surface area contributed by atoms with Crippen LogP contribution >= 0.6 is 11.3 Å². The second-order valence-electron chi connectivity index (χ2n) is 8.00. The molecule has 3 rings (SSSR count). The highest BCUT2D eigenvalue weighted by atomic mass is 32.1. The maximum absolute atomic E-state index is 12.9. The van der Waals surface area contributed by atoms with Crippen LogP contribution in [0.2, 0.25) is 0 Å². The summed E-state index contributed by atoms with van der Waals surface area (Å²) < 4.78 is 16.3. The number of nitrogens with zero attached hydrogens (tertiary/aromatic N) is 2. The van der Waals surface area contributed by atoms with Crippen molar-refractivity contribution < 1.29 is 19.0 Å². The molecule has 0 saturated carbocycles. The van der Waals surface area contributed by atoms with Crippen LogP contribution in [0.3, 0.4) is 0 Å². The molecule has 5 N–H and O–H groups in total. The number of benzene rings is 1. The Balaban J connectivity index is 2.39. The first kappa shape index (κ1) is 23.0. The lowest BCUT2D eigenvalue weighted by Crippen LogP contribution is -2.40. The summed E-state index contributed by atoms with van der Waals surface area (Å²) in [6, 6.07) is 5.50. The van der Waals surface area contributed by atoms with Crippen LogP contribution in [0.1, 0.15) is 36.0 Å². The van der Waals surface area contributed by atoms with Gasteiger partial charge in [-0.3, -0.25) is 4.79 Å². The number of nitrogen functional groups attached to an aromatic ring is 2. The van der Waals surface area contributed by atoms with E-state index >= 15 is 0 Å². The fraction of sp³-hybridized carbons (Fsp3) is 0.318. The molecular weight excluding hydrogens is 430 g/mol. The number of carbonyl (C=O) groups excluding carboxylic acids is 1. The van der Waals surface area contributed by atoms with Crippen LogP contribution < -0.4 is 31.0 Å². The largest absolute Gasteiger partial charge is 0.493 e. The standard InChI is InChI=1S/C22H25N5O4S/c1-22(2,3)27-20(28)18-16(24)15-14(11(9-23)19(25)26-21(15)32-18)10-7-12(29-4)17(31-6)13(8-10)30-5/h7-8H,24H2,1-6H3,(H2,25,26)(H,27,28). The van der Waals surface area contributed by atoms with E-state index in [0.717, 1.165) is 11.3 Å². The van der Waals surface area contributed by atoms with Crippen molar-refractivity contribution in [2.24, 2.45) is 0 Å². The number of fused-ring (bicyclic) bond motifs is 1. The zero-order valence-electron chi connectivity index (χ0n) is 18.7. The molecule has 0 fully saturated rings. The van der Waals surface area contributed by atoms with Crippen LogP contribution in [0.15, 0.2) is 12.1 Å². The number of amides is 1. The van der Waals surface area contributed by atoms with Gasteiger partial charge in [0, 0.05) is 16.5 Å². The minimum absolute atomic E-state index is 0.0350. The molecule has 0 spiro atoms. The number of nitrogens with one attached hydrogen (secondary N) is 1. The van der Waals surface area contributed by atoms with Crippen LogP contribution in [0.4, 0.5) is 11.5 Å². The first-order valence-electron chi connectivity index (χ1n) is 9.60. The Hall–Kier alpha value is -3.71. The lowest BCUT2D eigenvalue weighted by Gasteiger charge is -2.20. The summed E-state index contributed by atoms with van der Waals surface area (Å²) in [5.41, 5.74) is 13.5. The molecule has 0 aliphatic rings. The molecule has 168 valence electrons. The minimum atomic E-state index is -0.455. The van der Waals surface area contributed by atoms with Crippen LogP contribution in [-0.4, -0.2) is 37.8 Å². The number of anilines is 2. The molecule has 10 heteroatoms. The number of nitrogens with two attached hydrogens (primary N) is 2. The normalized spacial score (nSPS) is 11.2. The van der Waals surface area contributed by atoms with E-state index < -0.39 is 5.54 Å². The van der Waals surface area contributed by atoms with Gasteiger partial charge < -0.3 is 31.0 Å². The van der Waals surface area contributed by atoms with Crippen LogP contribution in [-0.2, 0) is 0 Å². The quantitative estimate of drug-likeness (QED) is 0.529. The van der Waals surface area contributed by atoms with E-state index in [-0.39, 0.29) is 23.0 Å². The maximum Gasteiger partial charge on any atom is 0.263 e. The molecule has 0 aliphatic carbocycles. The number of pyridine rings is 1. The van der Waals surface area contributed by atoms with Gasteiger partial charge in [-0.25, -0.2) is 4.98 Å². The highest BCUT2D eigenvalue weighted by Gasteiger charge is 2.27. The second kappa shape index (κ2) is 8.43. The van der Waals surface area contributed by atoms with Crippen molar-refractivity contribution in [2.45, 2.75) is 26.3 Å². The number of thiophene rings is 1. The van der Waals surface area contributed by atoms with Crippen LogP contribution in [0.25, 0.3) is 21.3 Å². The molecule has 3 aromatic rings. The number of ether oxygens (including phenoxy) is 3. The molecule has 0 unspecified atom stereocenters. The molecule has 9 nitrogen and oxygen atoms in total. The van der Waals surface area contributed by atoms with Gasteiger partial charge in [0.05, 0.1) is 27.0 Å². The first-order chi connectivity index (χ1) is 15.1. The highest BCUT2D eigenvalue weighted by Crippen LogP contribution is 2.47. The summed E-state index contributed by atoms with van der Waals surface area (Å²) in [5, 5.41) is 13.2. The Labute approximate surface area is 189 Å². The number of nitriles is 1. The molecule has 2 aromatic heterocycles. The van der Waals surface area contributed by atoms with E-state index in [0.29, 0.717) is 43.5 Å². The Morgan fingerprint density at radius 3 is 2.19 bits per heavy atom. The van der Waals surface area contributed by atoms with Gasteiger partial charge in [0.15, 0.2) is 11.5 Å². The Morgan fingerprint density at radius 1 is 1.12 bits per heavy atom. The van der Waals surface area contributed by atoms with Crippen molar-refractivity contribution in [2.75, 3.05) is 32.8 Å². The van der Waals surface area contributed by atoms with Crippen molar-refractivity contribution in [3.8, 4) is 34.4 Å². The van der Waals surface area contributed by atoms with Gasteiger partial charge in [-0.05, 0) is 38.5 Å². The maximum atomic E-state index is 12.9. The van der Waals surface area contributed by atoms with E-state index in [1.54, 1.807) is 12.1 Å². The van der Waals surface area contributed by atoms with E-state index in [4.69, 9.17) is 25.7 Å². The molecular formula is C22H25N5O4S. The number of hydrogen-bond acceptors (Lipinski definition) is 9. The fourth-order valence-electron chi connectivity index (χ4n) is 3.36. The van der Waals surface area contributed by atoms with E-state index in [2.05, 4.69) is 16.4 Å². The van der Waals surface area contributed by atoms with Crippen molar-refractivity contribution in [3.05, 3.63) is 22.6 Å². The third kappa shape index (κ3) is 3.94. The smallest absolute Gasteiger partial charge is 0.263 e. The van der Waals surface area contributed by atoms with E-state index in [1.807, 2.05) is 20.8 Å². The number of carbonyl (C=O) groups is 1. The van der Waals surface area contributed by atoms with Crippen molar-refractivity contribution >= 4 is 39.0 Å². The molecule has 0 saturated heterocycles. The van der Waals surface area contributed by atoms with Crippen molar-refractivity contribution in [3.63, 3.8) is 0 Å². The Morgan fingerprint density at radius 2 is 1.72 bits per heavy atom. The van der Waals surface area contributed by atoms with E-state index in [1.165, 1.54) is 21.3 Å². The molecule has 0 aliphatic heterocycles. The predicted molar refractivity (Wildman–Crippen MR) is 125 cm³/mol.